The smallest absolute Gasteiger partial charge is 0.221 e. The normalized spacial score (nSPS) is 11.0. The molecule has 146 valence electrons. The second-order valence-electron chi connectivity index (χ2n) is 7.15. The number of pyridine rings is 1. The van der Waals surface area contributed by atoms with Crippen LogP contribution in [-0.2, 0) is 11.2 Å². The van der Waals surface area contributed by atoms with Gasteiger partial charge in [-0.2, -0.15) is 5.10 Å². The topological polar surface area (TPSA) is 104 Å². The molecular formula is C22H21N5O2. The number of fused-ring (bicyclic) bond motifs is 1. The van der Waals surface area contributed by atoms with Crippen molar-refractivity contribution < 1.29 is 9.59 Å². The molecule has 0 spiro atoms. The monoisotopic (exact) mass is 387 g/mol. The van der Waals surface area contributed by atoms with Gasteiger partial charge in [0.15, 0.2) is 5.78 Å². The summed E-state index contributed by atoms with van der Waals surface area (Å²) in [5.41, 5.74) is 6.40. The number of amides is 1. The third kappa shape index (κ3) is 3.80. The Morgan fingerprint density at radius 1 is 1.14 bits per heavy atom. The van der Waals surface area contributed by atoms with Crippen LogP contribution in [0.25, 0.3) is 22.3 Å². The summed E-state index contributed by atoms with van der Waals surface area (Å²) in [6, 6.07) is 11.5. The van der Waals surface area contributed by atoms with Gasteiger partial charge < -0.3 is 10.3 Å². The van der Waals surface area contributed by atoms with Crippen molar-refractivity contribution in [2.75, 3.05) is 5.32 Å². The van der Waals surface area contributed by atoms with Gasteiger partial charge in [-0.15, -0.1) is 0 Å². The molecule has 4 rings (SSSR count). The molecule has 0 saturated heterocycles. The number of benzene rings is 1. The molecule has 0 radical (unpaired) electrons. The molecule has 0 aliphatic rings. The number of ketones is 1. The van der Waals surface area contributed by atoms with Crippen LogP contribution in [0.5, 0.6) is 0 Å². The van der Waals surface area contributed by atoms with Crippen LogP contribution < -0.4 is 5.32 Å². The summed E-state index contributed by atoms with van der Waals surface area (Å²) < 4.78 is 0. The number of carbonyl (C=O) groups is 2. The van der Waals surface area contributed by atoms with Crippen molar-refractivity contribution in [2.45, 2.75) is 27.2 Å². The van der Waals surface area contributed by atoms with Gasteiger partial charge in [-0.25, -0.2) is 4.98 Å². The van der Waals surface area contributed by atoms with E-state index in [0.29, 0.717) is 5.69 Å². The van der Waals surface area contributed by atoms with Crippen LogP contribution in [0.15, 0.2) is 42.6 Å². The Labute approximate surface area is 167 Å². The number of hydrogen-bond acceptors (Lipinski definition) is 4. The molecule has 4 aromatic rings. The van der Waals surface area contributed by atoms with Gasteiger partial charge in [0.05, 0.1) is 0 Å². The highest BCUT2D eigenvalue weighted by Gasteiger charge is 2.16. The fraction of sp³-hybridized carbons (Fsp3) is 0.182. The SMILES string of the molecule is CC(=O)Nc1cccc(-c2cc3cc(CC(=O)c4n[nH]c(C)c4C)cnc3[nH]2)c1. The first-order valence-corrected chi connectivity index (χ1v) is 9.31. The molecule has 1 amide bonds. The van der Waals surface area contributed by atoms with Gasteiger partial charge in [-0.1, -0.05) is 12.1 Å². The lowest BCUT2D eigenvalue weighted by atomic mass is 10.0. The number of nitrogens with zero attached hydrogens (tertiary/aromatic N) is 2. The molecule has 0 aliphatic carbocycles. The van der Waals surface area contributed by atoms with Crippen molar-refractivity contribution in [3.05, 3.63) is 65.1 Å². The van der Waals surface area contributed by atoms with Crippen LogP contribution >= 0.6 is 0 Å². The number of H-pyrrole nitrogens is 2. The number of aromatic amines is 2. The van der Waals surface area contributed by atoms with E-state index in [2.05, 4.69) is 25.5 Å². The number of anilines is 1. The lowest BCUT2D eigenvalue weighted by molar-refractivity contribution is -0.114. The average molecular weight is 387 g/mol. The van der Waals surface area contributed by atoms with E-state index in [4.69, 9.17) is 0 Å². The molecule has 29 heavy (non-hydrogen) atoms. The first-order valence-electron chi connectivity index (χ1n) is 9.31. The summed E-state index contributed by atoms with van der Waals surface area (Å²) in [5, 5.41) is 10.7. The minimum Gasteiger partial charge on any atom is -0.339 e. The van der Waals surface area contributed by atoms with Gasteiger partial charge in [-0.05, 0) is 43.7 Å². The van der Waals surface area contributed by atoms with Crippen molar-refractivity contribution in [1.82, 2.24) is 20.2 Å². The summed E-state index contributed by atoms with van der Waals surface area (Å²) in [4.78, 5) is 31.6. The van der Waals surface area contributed by atoms with Crippen LogP contribution in [0.1, 0.15) is 34.2 Å². The zero-order valence-electron chi connectivity index (χ0n) is 16.5. The zero-order chi connectivity index (χ0) is 20.5. The van der Waals surface area contributed by atoms with Crippen LogP contribution in [0.4, 0.5) is 5.69 Å². The van der Waals surface area contributed by atoms with Crippen LogP contribution in [-0.4, -0.2) is 31.9 Å². The van der Waals surface area contributed by atoms with E-state index < -0.39 is 0 Å². The fourth-order valence-corrected chi connectivity index (χ4v) is 3.31. The molecule has 3 aromatic heterocycles. The minimum atomic E-state index is -0.114. The van der Waals surface area contributed by atoms with Crippen LogP contribution in [0, 0.1) is 13.8 Å². The summed E-state index contributed by atoms with van der Waals surface area (Å²) >= 11 is 0. The van der Waals surface area contributed by atoms with E-state index in [1.807, 2.05) is 50.2 Å². The lowest BCUT2D eigenvalue weighted by Gasteiger charge is -2.04. The van der Waals surface area contributed by atoms with Crippen LogP contribution in [0.3, 0.4) is 0 Å². The number of hydrogen-bond donors (Lipinski definition) is 3. The van der Waals surface area contributed by atoms with Crippen molar-refractivity contribution >= 4 is 28.4 Å². The first-order chi connectivity index (χ1) is 13.9. The molecule has 3 N–H and O–H groups in total. The highest BCUT2D eigenvalue weighted by atomic mass is 16.1. The van der Waals surface area contributed by atoms with Crippen LogP contribution in [0.2, 0.25) is 0 Å². The highest BCUT2D eigenvalue weighted by Crippen LogP contribution is 2.26. The van der Waals surface area contributed by atoms with E-state index in [0.717, 1.165) is 44.8 Å². The number of carbonyl (C=O) groups excluding carboxylic acids is 2. The molecule has 3 heterocycles. The first kappa shape index (κ1) is 18.6. The van der Waals surface area contributed by atoms with E-state index in [-0.39, 0.29) is 18.1 Å². The predicted octanol–water partition coefficient (Wildman–Crippen LogP) is 3.95. The maximum atomic E-state index is 12.6. The Kier molecular flexibility index (Phi) is 4.72. The second-order valence-corrected chi connectivity index (χ2v) is 7.15. The molecule has 0 fully saturated rings. The number of aromatic nitrogens is 4. The van der Waals surface area contributed by atoms with Crippen molar-refractivity contribution in [1.29, 1.82) is 0 Å². The second kappa shape index (κ2) is 7.35. The standard InChI is InChI=1S/C22H21N5O2/c1-12-13(2)26-27-21(12)20(29)8-15-7-17-10-19(25-22(17)23-11-15)16-5-4-6-18(9-16)24-14(3)28/h4-7,9-11H,8H2,1-3H3,(H,23,25)(H,24,28)(H,26,27). The van der Waals surface area contributed by atoms with Gasteiger partial charge in [0.1, 0.15) is 11.3 Å². The minimum absolute atomic E-state index is 0.0354. The Bertz CT molecular complexity index is 1240. The molecule has 7 nitrogen and oxygen atoms in total. The highest BCUT2D eigenvalue weighted by molar-refractivity contribution is 5.97. The van der Waals surface area contributed by atoms with Crippen molar-refractivity contribution in [2.24, 2.45) is 0 Å². The molecule has 0 atom stereocenters. The number of rotatable bonds is 5. The van der Waals surface area contributed by atoms with Gasteiger partial charge in [0, 0.05) is 53.1 Å². The predicted molar refractivity (Wildman–Crippen MR) is 112 cm³/mol. The van der Waals surface area contributed by atoms with Crippen molar-refractivity contribution in [3.8, 4) is 11.3 Å². The number of nitrogens with one attached hydrogen (secondary N) is 3. The molecule has 0 unspecified atom stereocenters. The summed E-state index contributed by atoms with van der Waals surface area (Å²) in [6.45, 7) is 5.27. The maximum absolute atomic E-state index is 12.6. The Morgan fingerprint density at radius 2 is 1.97 bits per heavy atom. The van der Waals surface area contributed by atoms with E-state index in [1.165, 1.54) is 6.92 Å². The largest absolute Gasteiger partial charge is 0.339 e. The molecule has 7 heteroatoms. The van der Waals surface area contributed by atoms with E-state index >= 15 is 0 Å². The maximum Gasteiger partial charge on any atom is 0.221 e. The zero-order valence-corrected chi connectivity index (χ0v) is 16.5. The lowest BCUT2D eigenvalue weighted by Crippen LogP contribution is -2.06. The van der Waals surface area contributed by atoms with E-state index in [9.17, 15) is 9.59 Å². The average Bonchev–Trinajstić information content (AvgIpc) is 3.25. The molecule has 0 bridgehead atoms. The Balaban J connectivity index is 1.60. The molecular weight excluding hydrogens is 366 g/mol. The van der Waals surface area contributed by atoms with E-state index in [1.54, 1.807) is 6.20 Å². The third-order valence-electron chi connectivity index (χ3n) is 4.90. The van der Waals surface area contributed by atoms with Gasteiger partial charge >= 0.3 is 0 Å². The number of aryl methyl sites for hydroxylation is 1. The van der Waals surface area contributed by atoms with Gasteiger partial charge in [0.2, 0.25) is 5.91 Å². The molecule has 1 aromatic carbocycles. The number of Topliss-reactive ketones (excluding diaryl/α,β-unsaturated/α-hetero) is 1. The summed E-state index contributed by atoms with van der Waals surface area (Å²) in [5.74, 6) is -0.149. The summed E-state index contributed by atoms with van der Waals surface area (Å²) in [7, 11) is 0. The Hall–Kier alpha value is -3.74. The third-order valence-corrected chi connectivity index (χ3v) is 4.90. The van der Waals surface area contributed by atoms with Crippen molar-refractivity contribution in [3.63, 3.8) is 0 Å². The molecule has 0 saturated carbocycles. The molecule has 0 aliphatic heterocycles. The fourth-order valence-electron chi connectivity index (χ4n) is 3.31. The summed E-state index contributed by atoms with van der Waals surface area (Å²) in [6.07, 6.45) is 1.95. The Morgan fingerprint density at radius 3 is 2.69 bits per heavy atom. The quantitative estimate of drug-likeness (QED) is 0.451. The van der Waals surface area contributed by atoms with Gasteiger partial charge in [0.25, 0.3) is 0 Å². The van der Waals surface area contributed by atoms with Gasteiger partial charge in [-0.3, -0.25) is 14.7 Å².